The standard InChI is InChI=1S/C25H22N2O6S/c1-30-18-9-7-16(8-10-18)13-21-23(28)27(17-5-4-6-19(14-17)31-2)25(26-21)34-15-20-11-12-22(33-20)24(29)32-3/h4-14H,15H2,1-3H3/b21-13-. The number of nitrogens with zero attached hydrogens (tertiary/aromatic N) is 2. The number of ether oxygens (including phenoxy) is 3. The van der Waals surface area contributed by atoms with Crippen LogP contribution in [0.1, 0.15) is 21.9 Å². The lowest BCUT2D eigenvalue weighted by molar-refractivity contribution is -0.113. The number of carbonyl (C=O) groups is 2. The average Bonchev–Trinajstić information content (AvgIpc) is 3.47. The summed E-state index contributed by atoms with van der Waals surface area (Å²) in [5, 5.41) is 0.481. The second kappa shape index (κ2) is 10.3. The Morgan fingerprint density at radius 2 is 1.79 bits per heavy atom. The number of amidine groups is 1. The van der Waals surface area contributed by atoms with Crippen LogP contribution in [-0.2, 0) is 15.3 Å². The molecule has 0 radical (unpaired) electrons. The first-order valence-electron chi connectivity index (χ1n) is 10.2. The Balaban J connectivity index is 1.63. The van der Waals surface area contributed by atoms with Gasteiger partial charge in [0.2, 0.25) is 5.76 Å². The van der Waals surface area contributed by atoms with E-state index in [9.17, 15) is 9.59 Å². The van der Waals surface area contributed by atoms with Crippen molar-refractivity contribution in [2.75, 3.05) is 26.2 Å². The Morgan fingerprint density at radius 1 is 1.03 bits per heavy atom. The van der Waals surface area contributed by atoms with E-state index < -0.39 is 5.97 Å². The van der Waals surface area contributed by atoms with Gasteiger partial charge >= 0.3 is 5.97 Å². The third-order valence-corrected chi connectivity index (χ3v) is 5.91. The maximum absolute atomic E-state index is 13.4. The molecule has 0 spiro atoms. The highest BCUT2D eigenvalue weighted by atomic mass is 32.2. The van der Waals surface area contributed by atoms with Gasteiger partial charge in [-0.2, -0.15) is 0 Å². The maximum atomic E-state index is 13.4. The molecule has 1 aromatic heterocycles. The van der Waals surface area contributed by atoms with E-state index in [1.54, 1.807) is 44.6 Å². The van der Waals surface area contributed by atoms with Gasteiger partial charge in [-0.25, -0.2) is 9.79 Å². The number of rotatable bonds is 7. The maximum Gasteiger partial charge on any atom is 0.373 e. The normalized spacial score (nSPS) is 14.3. The third-order valence-electron chi connectivity index (χ3n) is 4.95. The predicted octanol–water partition coefficient (Wildman–Crippen LogP) is 4.76. The lowest BCUT2D eigenvalue weighted by atomic mass is 10.2. The molecule has 1 amide bonds. The topological polar surface area (TPSA) is 90.6 Å². The van der Waals surface area contributed by atoms with Gasteiger partial charge in [-0.1, -0.05) is 30.0 Å². The number of esters is 1. The predicted molar refractivity (Wildman–Crippen MR) is 130 cm³/mol. The lowest BCUT2D eigenvalue weighted by Gasteiger charge is -2.18. The molecule has 9 heteroatoms. The molecule has 4 rings (SSSR count). The minimum absolute atomic E-state index is 0.118. The Bertz CT molecular complexity index is 1260. The fourth-order valence-corrected chi connectivity index (χ4v) is 4.14. The number of carbonyl (C=O) groups excluding carboxylic acids is 2. The van der Waals surface area contributed by atoms with E-state index in [0.717, 1.165) is 11.3 Å². The second-order valence-electron chi connectivity index (χ2n) is 7.09. The highest BCUT2D eigenvalue weighted by Gasteiger charge is 2.32. The summed E-state index contributed by atoms with van der Waals surface area (Å²) in [6.45, 7) is 0. The first-order chi connectivity index (χ1) is 16.5. The van der Waals surface area contributed by atoms with Gasteiger partial charge in [0.25, 0.3) is 5.91 Å². The van der Waals surface area contributed by atoms with Crippen molar-refractivity contribution in [3.05, 3.63) is 83.4 Å². The number of anilines is 1. The van der Waals surface area contributed by atoms with Crippen molar-refractivity contribution in [2.24, 2.45) is 4.99 Å². The molecule has 8 nitrogen and oxygen atoms in total. The zero-order valence-electron chi connectivity index (χ0n) is 18.8. The summed E-state index contributed by atoms with van der Waals surface area (Å²) in [5.41, 5.74) is 1.74. The highest BCUT2D eigenvalue weighted by Crippen LogP contribution is 2.33. The van der Waals surface area contributed by atoms with Gasteiger partial charge < -0.3 is 18.6 Å². The lowest BCUT2D eigenvalue weighted by Crippen LogP contribution is -2.30. The summed E-state index contributed by atoms with van der Waals surface area (Å²) in [4.78, 5) is 31.2. The number of hydrogen-bond acceptors (Lipinski definition) is 8. The molecule has 0 N–H and O–H groups in total. The van der Waals surface area contributed by atoms with Gasteiger partial charge in [0, 0.05) is 6.07 Å². The zero-order valence-corrected chi connectivity index (χ0v) is 19.6. The smallest absolute Gasteiger partial charge is 0.373 e. The summed E-state index contributed by atoms with van der Waals surface area (Å²) in [6.07, 6.45) is 1.73. The van der Waals surface area contributed by atoms with Crippen LogP contribution in [0.4, 0.5) is 5.69 Å². The van der Waals surface area contributed by atoms with Gasteiger partial charge in [0.1, 0.15) is 23.0 Å². The molecular formula is C25H22N2O6S. The summed E-state index contributed by atoms with van der Waals surface area (Å²) in [7, 11) is 4.46. The van der Waals surface area contributed by atoms with E-state index in [0.29, 0.717) is 33.8 Å². The van der Waals surface area contributed by atoms with E-state index in [1.165, 1.54) is 23.8 Å². The number of hydrogen-bond donors (Lipinski definition) is 0. The fraction of sp³-hybridized carbons (Fsp3) is 0.160. The van der Waals surface area contributed by atoms with Gasteiger partial charge in [-0.05, 0) is 48.0 Å². The number of benzene rings is 2. The summed E-state index contributed by atoms with van der Waals surface area (Å²) in [5.74, 6) is 1.57. The largest absolute Gasteiger partial charge is 0.497 e. The zero-order chi connectivity index (χ0) is 24.1. The van der Waals surface area contributed by atoms with Crippen LogP contribution in [0.2, 0.25) is 0 Å². The molecule has 3 aromatic rings. The van der Waals surface area contributed by atoms with Crippen LogP contribution >= 0.6 is 11.8 Å². The molecule has 0 aliphatic carbocycles. The molecule has 0 fully saturated rings. The molecule has 0 unspecified atom stereocenters. The van der Waals surface area contributed by atoms with Crippen molar-refractivity contribution in [2.45, 2.75) is 5.75 Å². The van der Waals surface area contributed by atoms with E-state index in [2.05, 4.69) is 9.73 Å². The number of amides is 1. The monoisotopic (exact) mass is 478 g/mol. The molecule has 0 bridgehead atoms. The van der Waals surface area contributed by atoms with E-state index in [4.69, 9.17) is 13.9 Å². The van der Waals surface area contributed by atoms with Crippen LogP contribution in [0.15, 0.2) is 75.8 Å². The van der Waals surface area contributed by atoms with Gasteiger partial charge in [-0.15, -0.1) is 0 Å². The van der Waals surface area contributed by atoms with Crippen molar-refractivity contribution in [1.82, 2.24) is 0 Å². The third kappa shape index (κ3) is 4.99. The number of methoxy groups -OCH3 is 3. The Kier molecular flexibility index (Phi) is 7.03. The molecule has 1 aliphatic rings. The van der Waals surface area contributed by atoms with Gasteiger partial charge in [-0.3, -0.25) is 9.69 Å². The number of aliphatic imine (C=N–C) groups is 1. The van der Waals surface area contributed by atoms with Crippen LogP contribution in [0.25, 0.3) is 6.08 Å². The van der Waals surface area contributed by atoms with Gasteiger partial charge in [0.15, 0.2) is 5.17 Å². The first kappa shape index (κ1) is 23.2. The van der Waals surface area contributed by atoms with Crippen molar-refractivity contribution in [1.29, 1.82) is 0 Å². The molecule has 0 saturated carbocycles. The SMILES string of the molecule is COC(=O)c1ccc(CSC2=N/C(=C\c3ccc(OC)cc3)C(=O)N2c2cccc(OC)c2)o1. The minimum atomic E-state index is -0.549. The fourth-order valence-electron chi connectivity index (χ4n) is 3.23. The van der Waals surface area contributed by atoms with Crippen molar-refractivity contribution in [3.8, 4) is 11.5 Å². The molecule has 2 heterocycles. The molecule has 174 valence electrons. The van der Waals surface area contributed by atoms with Crippen LogP contribution in [0, 0.1) is 0 Å². The molecule has 0 atom stereocenters. The number of furan rings is 1. The van der Waals surface area contributed by atoms with Crippen LogP contribution in [0.3, 0.4) is 0 Å². The number of thioether (sulfide) groups is 1. The van der Waals surface area contributed by atoms with Crippen molar-refractivity contribution in [3.63, 3.8) is 0 Å². The summed E-state index contributed by atoms with van der Waals surface area (Å²) < 4.78 is 20.7. The Hall–Kier alpha value is -3.98. The van der Waals surface area contributed by atoms with E-state index in [1.807, 2.05) is 36.4 Å². The van der Waals surface area contributed by atoms with Crippen molar-refractivity contribution < 1.29 is 28.2 Å². The van der Waals surface area contributed by atoms with Gasteiger partial charge in [0.05, 0.1) is 32.8 Å². The summed E-state index contributed by atoms with van der Waals surface area (Å²) in [6, 6.07) is 17.8. The van der Waals surface area contributed by atoms with Crippen LogP contribution in [0.5, 0.6) is 11.5 Å². The van der Waals surface area contributed by atoms with Crippen molar-refractivity contribution >= 4 is 40.6 Å². The Morgan fingerprint density at radius 3 is 2.50 bits per heavy atom. The Labute approximate surface area is 200 Å². The molecule has 0 saturated heterocycles. The second-order valence-corrected chi connectivity index (χ2v) is 8.03. The van der Waals surface area contributed by atoms with E-state index >= 15 is 0 Å². The summed E-state index contributed by atoms with van der Waals surface area (Å²) >= 11 is 1.32. The molecule has 1 aliphatic heterocycles. The minimum Gasteiger partial charge on any atom is -0.497 e. The van der Waals surface area contributed by atoms with Crippen LogP contribution in [-0.4, -0.2) is 38.4 Å². The quantitative estimate of drug-likeness (QED) is 0.357. The first-order valence-corrected chi connectivity index (χ1v) is 11.2. The average molecular weight is 479 g/mol. The van der Waals surface area contributed by atoms with E-state index in [-0.39, 0.29) is 11.7 Å². The molecule has 2 aromatic carbocycles. The molecular weight excluding hydrogens is 456 g/mol. The highest BCUT2D eigenvalue weighted by molar-refractivity contribution is 8.13. The molecule has 34 heavy (non-hydrogen) atoms. The van der Waals surface area contributed by atoms with Crippen LogP contribution < -0.4 is 14.4 Å².